The van der Waals surface area contributed by atoms with E-state index in [0.29, 0.717) is 76.9 Å². The number of oxime groups is 2. The molecule has 1 amide bonds. The predicted molar refractivity (Wildman–Crippen MR) is 488 cm³/mol. The fourth-order valence-corrected chi connectivity index (χ4v) is 19.0. The lowest BCUT2D eigenvalue weighted by molar-refractivity contribution is -0.395. The van der Waals surface area contributed by atoms with Gasteiger partial charge in [-0.15, -0.1) is 0 Å². The number of benzene rings is 6. The van der Waals surface area contributed by atoms with Crippen LogP contribution in [0, 0.1) is 101 Å². The Hall–Kier alpha value is -16.6. The van der Waals surface area contributed by atoms with Crippen LogP contribution in [-0.2, 0) is 98.2 Å². The van der Waals surface area contributed by atoms with Gasteiger partial charge in [0.2, 0.25) is 23.7 Å². The molecule has 10 aromatic rings. The zero-order chi connectivity index (χ0) is 99.8. The van der Waals surface area contributed by atoms with Gasteiger partial charge in [-0.25, -0.2) is 29.1 Å². The average molecular weight is 1900 g/mol. The number of aromatic nitrogens is 4. The van der Waals surface area contributed by atoms with E-state index in [2.05, 4.69) is 40.0 Å². The molecule has 4 aromatic heterocycles. The molecule has 2 fully saturated rings. The van der Waals surface area contributed by atoms with Gasteiger partial charge >= 0.3 is 23.9 Å². The fourth-order valence-electron chi connectivity index (χ4n) is 19.0. The molecule has 2 saturated heterocycles. The van der Waals surface area contributed by atoms with E-state index in [0.717, 1.165) is 108 Å². The van der Waals surface area contributed by atoms with Gasteiger partial charge in [-0.05, 0) is 140 Å². The number of aliphatic carboxylic acids is 1. The minimum atomic E-state index is -2.18. The van der Waals surface area contributed by atoms with Gasteiger partial charge in [0.1, 0.15) is 24.6 Å². The number of aliphatic hydroxyl groups is 1. The summed E-state index contributed by atoms with van der Waals surface area (Å²) in [6.45, 7) is 22.2. The van der Waals surface area contributed by atoms with Crippen LogP contribution in [0.2, 0.25) is 0 Å². The number of carbonyl (C=O) groups excluding carboxylic acids is 4. The van der Waals surface area contributed by atoms with Crippen molar-refractivity contribution in [2.24, 2.45) is 16.2 Å². The van der Waals surface area contributed by atoms with E-state index in [9.17, 15) is 120 Å². The first-order chi connectivity index (χ1) is 65.5. The molecule has 46 heteroatoms. The second-order valence-corrected chi connectivity index (χ2v) is 34.3. The van der Waals surface area contributed by atoms with Crippen LogP contribution in [0.3, 0.4) is 0 Å². The number of carbonyl (C=O) groups is 5. The summed E-state index contributed by atoms with van der Waals surface area (Å²) in [6.07, 6.45) is 4.60. The Kier molecular flexibility index (Phi) is 26.0. The first kappa shape index (κ1) is 96.0. The first-order valence-electron chi connectivity index (χ1n) is 43.8. The number of nitro groups is 8. The van der Waals surface area contributed by atoms with Gasteiger partial charge in [0, 0.05) is 105 Å². The van der Waals surface area contributed by atoms with Crippen molar-refractivity contribution in [2.45, 2.75) is 183 Å². The summed E-state index contributed by atoms with van der Waals surface area (Å²) >= 11 is 0. The number of likely N-dealkylation sites (tertiary alicyclic amines) is 2. The Morgan fingerprint density at radius 1 is 0.493 bits per heavy atom. The molecule has 4 atom stereocenters. The summed E-state index contributed by atoms with van der Waals surface area (Å²) in [5.74, 6) is -3.88. The number of aryl methyl sites for hydroxylation is 4. The molecule has 10 heterocycles. The Morgan fingerprint density at radius 3 is 1.24 bits per heavy atom. The number of hydrogen-bond donors (Lipinski definition) is 2. The van der Waals surface area contributed by atoms with Gasteiger partial charge in [-0.1, -0.05) is 81.5 Å². The van der Waals surface area contributed by atoms with Crippen LogP contribution >= 0.6 is 0 Å². The highest BCUT2D eigenvalue weighted by Gasteiger charge is 2.53. The molecule has 8 aliphatic rings. The summed E-state index contributed by atoms with van der Waals surface area (Å²) in [7, 11) is 0. The van der Waals surface area contributed by atoms with E-state index in [1.807, 2.05) is 58.0 Å². The highest BCUT2D eigenvalue weighted by atomic mass is 16.7. The number of ether oxygens (including phenoxy) is 3. The number of esters is 3. The van der Waals surface area contributed by atoms with Crippen molar-refractivity contribution in [3.8, 4) is 45.0 Å². The van der Waals surface area contributed by atoms with Gasteiger partial charge in [0.05, 0.1) is 144 Å². The highest BCUT2D eigenvalue weighted by Crippen LogP contribution is 2.54. The van der Waals surface area contributed by atoms with Crippen LogP contribution in [-0.4, -0.2) is 164 Å². The molecule has 6 aromatic carbocycles. The third-order valence-electron chi connectivity index (χ3n) is 25.9. The van der Waals surface area contributed by atoms with Crippen LogP contribution in [0.4, 0.5) is 45.5 Å². The molecule has 0 radical (unpaired) electrons. The SMILES string of the molecule is CC(C)C(=O)N1CCC(N2CCCCC2)CC1.CCc1c2c(nc3ccc(C)cc13)-c1cc3c(c(=O)n1C2)COC(=O)[C@@]3(CC)OC(=O)[C@H](C)ON=C1c2cc([N+](=O)[O-])cc([N+](=O)[O-])c2-c2c1cc([N+](=O)[O-])cc2[N+](=O)[O-].CCc1c2c(nc3ccc(C)cc13)-c1cc3c(c(=O)n1C2)COC(=O)[C@]3(O)CC.C[C@H](ON=C1c2cc([N+](=O)[O-])cc([N+](=O)[O-])c2-c2c1cc([N+](=O)[O-])cc2[N+](=O)[O-])C(=O)O. The summed E-state index contributed by atoms with van der Waals surface area (Å²) in [4.78, 5) is 201. The van der Waals surface area contributed by atoms with Crippen molar-refractivity contribution >= 4 is 109 Å². The lowest BCUT2D eigenvalue weighted by Gasteiger charge is -2.40. The molecule has 46 nitrogen and oxygen atoms in total. The smallest absolute Gasteiger partial charge is 0.355 e. The van der Waals surface area contributed by atoms with Crippen LogP contribution < -0.4 is 11.1 Å². The van der Waals surface area contributed by atoms with Crippen LogP contribution in [0.5, 0.6) is 0 Å². The molecule has 18 rings (SSSR count). The van der Waals surface area contributed by atoms with Gasteiger partial charge < -0.3 is 53.0 Å². The number of amides is 1. The molecule has 714 valence electrons. The predicted octanol–water partition coefficient (Wildman–Crippen LogP) is 13.6. The summed E-state index contributed by atoms with van der Waals surface area (Å²) < 4.78 is 19.7. The number of cyclic esters (lactones) is 2. The Morgan fingerprint density at radius 2 is 0.877 bits per heavy atom. The van der Waals surface area contributed by atoms with E-state index in [-0.39, 0.29) is 59.7 Å². The van der Waals surface area contributed by atoms with E-state index in [1.54, 1.807) is 23.6 Å². The molecule has 6 aliphatic heterocycles. The van der Waals surface area contributed by atoms with E-state index in [1.165, 1.54) is 67.8 Å². The highest BCUT2D eigenvalue weighted by molar-refractivity contribution is 6.28. The lowest BCUT2D eigenvalue weighted by atomic mass is 9.85. The number of nitrogens with zero attached hydrogens (tertiary/aromatic N) is 16. The fraction of sp³-hybridized carbons (Fsp3) is 0.359. The molecule has 0 spiro atoms. The second-order valence-electron chi connectivity index (χ2n) is 34.3. The maximum Gasteiger partial charge on any atom is 0.355 e. The van der Waals surface area contributed by atoms with Crippen molar-refractivity contribution in [1.29, 1.82) is 0 Å². The molecule has 2 aliphatic carbocycles. The van der Waals surface area contributed by atoms with E-state index in [4.69, 9.17) is 39.0 Å². The molecular weight excluding hydrogens is 1810 g/mol. The van der Waals surface area contributed by atoms with Gasteiger partial charge in [-0.2, -0.15) is 0 Å². The van der Waals surface area contributed by atoms with Crippen molar-refractivity contribution < 1.29 is 97.5 Å². The van der Waals surface area contributed by atoms with Crippen molar-refractivity contribution in [3.63, 3.8) is 0 Å². The van der Waals surface area contributed by atoms with Crippen molar-refractivity contribution in [1.82, 2.24) is 28.9 Å². The summed E-state index contributed by atoms with van der Waals surface area (Å²) in [5.41, 5.74) is -4.94. The van der Waals surface area contributed by atoms with Gasteiger partial charge in [0.15, 0.2) is 5.60 Å². The number of fused-ring (bicyclic) bond motifs is 16. The van der Waals surface area contributed by atoms with E-state index < -0.39 is 189 Å². The van der Waals surface area contributed by atoms with Gasteiger partial charge in [-0.3, -0.25) is 95.3 Å². The number of nitro benzene ring substituents is 8. The zero-order valence-corrected chi connectivity index (χ0v) is 75.5. The van der Waals surface area contributed by atoms with Crippen molar-refractivity contribution in [2.75, 3.05) is 26.2 Å². The first-order valence-corrected chi connectivity index (χ1v) is 43.8. The third-order valence-corrected chi connectivity index (χ3v) is 25.9. The molecule has 2 N–H and O–H groups in total. The van der Waals surface area contributed by atoms with Crippen LogP contribution in [0.25, 0.3) is 66.8 Å². The number of carboxylic acid groups (broad SMARTS) is 1. The largest absolute Gasteiger partial charge is 0.478 e. The quantitative estimate of drug-likeness (QED) is 0.0292. The van der Waals surface area contributed by atoms with Crippen molar-refractivity contribution in [3.05, 3.63) is 277 Å². The number of piperidine rings is 2. The average Bonchev–Trinajstić information content (AvgIpc) is 1.43. The standard InChI is InChI=1S/C39H29N7O14.C23H22N2O4.C16H9N5O11.C14H26N2O/c1-5-21-22-9-17(3)7-8-28(22)40-35-25(21)15-42-31(35)14-27-26(36(42)47)16-58-38(49)39(27,6-2)59-37(48)18(4)60-41-34-23-10-19(43(50)51)12-29(45(54)55)32(23)33-24(34)11-20(44(52)53)13-30(33)46(56)57;1-4-13-14-8-12(3)6-7-18(14)24-20-15(13)10-25-19(20)9-17-16(21(25)26)11-29-22(27)23(17,28)5-2;1-6(16(22)23)32-17-15-9-2-7(18(24)25)4-11(20(28)29)13(9)14-10(15)3-8(19(26)27)5-12(14)21(30)31;1-12(2)14(17)16-10-6-13(7-11-16)15-8-4-3-5-9-15/h7-14,18H,5-6,15-16H2,1-4H3;6-9,28H,4-5,10-11H2,1-3H3;2-6H,1H3,(H,22,23);12-13H,3-11H2,1-2H3/t18-,39-;23-;6-;/m000./s1. The number of rotatable bonds is 21. The lowest BCUT2D eigenvalue weighted by Crippen LogP contribution is -2.48. The number of carboxylic acids is 1. The maximum atomic E-state index is 14.2. The topological polar surface area (TPSA) is 618 Å². The maximum absolute atomic E-state index is 14.2. The second kappa shape index (κ2) is 37.4. The normalized spacial score (nSPS) is 17.0. The third kappa shape index (κ3) is 16.9. The van der Waals surface area contributed by atoms with Gasteiger partial charge in [0.25, 0.3) is 56.6 Å². The molecule has 0 bridgehead atoms. The molecular formula is C92H86N16O30. The minimum Gasteiger partial charge on any atom is -0.478 e. The number of hydrogen-bond acceptors (Lipinski definition) is 34. The Bertz CT molecular complexity index is 7070. The molecule has 0 unspecified atom stereocenters. The Balaban J connectivity index is 0.000000155. The van der Waals surface area contributed by atoms with E-state index >= 15 is 0 Å². The Labute approximate surface area is 778 Å². The van der Waals surface area contributed by atoms with Crippen LogP contribution in [0.1, 0.15) is 178 Å². The summed E-state index contributed by atoms with van der Waals surface area (Å²) in [5, 5.41) is 123. The molecule has 138 heavy (non-hydrogen) atoms. The number of non-ortho nitro benzene ring substituents is 4. The number of pyridine rings is 4. The summed E-state index contributed by atoms with van der Waals surface area (Å²) in [6, 6.07) is 21.7. The monoisotopic (exact) mass is 1890 g/mol. The molecule has 0 saturated carbocycles. The zero-order valence-electron chi connectivity index (χ0n) is 75.5. The minimum absolute atomic E-state index is 0.0682. The van der Waals surface area contributed by atoms with Crippen LogP contribution in [0.15, 0.2) is 117 Å².